The molecule has 0 aliphatic heterocycles. The van der Waals surface area contributed by atoms with E-state index in [0.29, 0.717) is 22.3 Å². The van der Waals surface area contributed by atoms with Gasteiger partial charge in [-0.1, -0.05) is 6.07 Å². The van der Waals surface area contributed by atoms with Crippen LogP contribution in [0.5, 0.6) is 0 Å². The molecule has 0 radical (unpaired) electrons. The number of hydrogen-bond donors (Lipinski definition) is 1. The van der Waals surface area contributed by atoms with Gasteiger partial charge >= 0.3 is 5.97 Å². The molecule has 7 nitrogen and oxygen atoms in total. The summed E-state index contributed by atoms with van der Waals surface area (Å²) in [6.07, 6.45) is 3.61. The largest absolute Gasteiger partial charge is 0.452 e. The van der Waals surface area contributed by atoms with E-state index in [0.717, 1.165) is 17.7 Å². The van der Waals surface area contributed by atoms with Crippen molar-refractivity contribution < 1.29 is 14.3 Å². The Morgan fingerprint density at radius 1 is 1.41 bits per heavy atom. The van der Waals surface area contributed by atoms with E-state index >= 15 is 0 Å². The van der Waals surface area contributed by atoms with Crippen molar-refractivity contribution in [2.24, 2.45) is 0 Å². The monoisotopic (exact) mass is 384 g/mol. The van der Waals surface area contributed by atoms with Gasteiger partial charge in [0.25, 0.3) is 5.91 Å². The summed E-state index contributed by atoms with van der Waals surface area (Å²) in [5, 5.41) is 9.76. The van der Waals surface area contributed by atoms with E-state index in [4.69, 9.17) is 9.72 Å². The van der Waals surface area contributed by atoms with E-state index in [2.05, 4.69) is 10.4 Å². The highest BCUT2D eigenvalue weighted by molar-refractivity contribution is 7.13. The summed E-state index contributed by atoms with van der Waals surface area (Å²) < 4.78 is 7.04. The number of ether oxygens (including phenoxy) is 1. The molecular weight excluding hydrogens is 364 g/mol. The first-order chi connectivity index (χ1) is 13.0. The van der Waals surface area contributed by atoms with Gasteiger partial charge in [-0.15, -0.1) is 11.3 Å². The number of carbonyl (C=O) groups excluding carboxylic acids is 2. The molecule has 1 saturated carbocycles. The molecule has 1 fully saturated rings. The highest BCUT2D eigenvalue weighted by Gasteiger charge is 2.24. The van der Waals surface area contributed by atoms with Gasteiger partial charge < -0.3 is 10.1 Å². The molecule has 0 spiro atoms. The Kier molecular flexibility index (Phi) is 4.65. The second-order valence-electron chi connectivity index (χ2n) is 6.87. The molecule has 3 heterocycles. The fourth-order valence-corrected chi connectivity index (χ4v) is 3.51. The first kappa shape index (κ1) is 17.7. The van der Waals surface area contributed by atoms with E-state index < -0.39 is 5.97 Å². The second kappa shape index (κ2) is 7.11. The first-order valence-corrected chi connectivity index (χ1v) is 9.79. The SMILES string of the molecule is CC(C)n1ncc2c(C(=O)OCC(=O)NC3CC3)cc(-c3cccs3)nc21. The Bertz CT molecular complexity index is 990. The van der Waals surface area contributed by atoms with E-state index in [1.54, 1.807) is 28.3 Å². The minimum Gasteiger partial charge on any atom is -0.452 e. The summed E-state index contributed by atoms with van der Waals surface area (Å²) >= 11 is 1.55. The van der Waals surface area contributed by atoms with Crippen LogP contribution in [-0.2, 0) is 9.53 Å². The zero-order valence-electron chi connectivity index (χ0n) is 15.1. The number of fused-ring (bicyclic) bond motifs is 1. The molecule has 27 heavy (non-hydrogen) atoms. The average molecular weight is 384 g/mol. The Hall–Kier alpha value is -2.74. The second-order valence-corrected chi connectivity index (χ2v) is 7.82. The molecule has 3 aromatic rings. The molecule has 1 aliphatic rings. The highest BCUT2D eigenvalue weighted by atomic mass is 32.1. The number of carbonyl (C=O) groups is 2. The van der Waals surface area contributed by atoms with Gasteiger partial charge in [0.05, 0.1) is 27.7 Å². The lowest BCUT2D eigenvalue weighted by atomic mass is 10.1. The molecule has 3 aromatic heterocycles. The van der Waals surface area contributed by atoms with Gasteiger partial charge in [-0.25, -0.2) is 14.5 Å². The Morgan fingerprint density at radius 2 is 2.22 bits per heavy atom. The quantitative estimate of drug-likeness (QED) is 0.660. The molecule has 0 aromatic carbocycles. The lowest BCUT2D eigenvalue weighted by molar-refractivity contribution is -0.124. The van der Waals surface area contributed by atoms with E-state index in [-0.39, 0.29) is 24.6 Å². The average Bonchev–Trinajstić information content (AvgIpc) is 3.13. The van der Waals surface area contributed by atoms with Gasteiger partial charge in [0.2, 0.25) is 0 Å². The third kappa shape index (κ3) is 3.71. The number of thiophene rings is 1. The molecule has 0 unspecified atom stereocenters. The highest BCUT2D eigenvalue weighted by Crippen LogP contribution is 2.29. The minimum absolute atomic E-state index is 0.0989. The summed E-state index contributed by atoms with van der Waals surface area (Å²) in [6, 6.07) is 5.93. The van der Waals surface area contributed by atoms with Crippen LogP contribution in [0.3, 0.4) is 0 Å². The molecule has 1 aliphatic carbocycles. The van der Waals surface area contributed by atoms with Crippen LogP contribution >= 0.6 is 11.3 Å². The Balaban J connectivity index is 1.67. The smallest absolute Gasteiger partial charge is 0.339 e. The Morgan fingerprint density at radius 3 is 2.89 bits per heavy atom. The normalized spacial score (nSPS) is 13.9. The van der Waals surface area contributed by atoms with Gasteiger partial charge in [0.15, 0.2) is 12.3 Å². The van der Waals surface area contributed by atoms with Gasteiger partial charge in [0, 0.05) is 12.1 Å². The fraction of sp³-hybridized carbons (Fsp3) is 0.368. The Labute approximate surface area is 160 Å². The number of pyridine rings is 1. The molecule has 1 amide bonds. The number of rotatable bonds is 6. The van der Waals surface area contributed by atoms with Crippen LogP contribution in [0.15, 0.2) is 29.8 Å². The third-order valence-electron chi connectivity index (χ3n) is 4.33. The van der Waals surface area contributed by atoms with Crippen LogP contribution < -0.4 is 5.32 Å². The maximum Gasteiger partial charge on any atom is 0.339 e. The summed E-state index contributed by atoms with van der Waals surface area (Å²) in [5.41, 5.74) is 1.69. The van der Waals surface area contributed by atoms with Crippen LogP contribution in [0.1, 0.15) is 43.1 Å². The number of amides is 1. The first-order valence-electron chi connectivity index (χ1n) is 8.91. The van der Waals surface area contributed by atoms with Crippen molar-refractivity contribution >= 4 is 34.2 Å². The lowest BCUT2D eigenvalue weighted by Gasteiger charge is -2.10. The molecule has 0 saturated heterocycles. The standard InChI is InChI=1S/C19H20N4O3S/c1-11(2)23-18-14(9-20-23)13(8-15(22-18)16-4-3-7-27-16)19(25)26-10-17(24)21-12-5-6-12/h3-4,7-9,11-12H,5-6,10H2,1-2H3,(H,21,24). The van der Waals surface area contributed by atoms with Crippen LogP contribution in [-0.4, -0.2) is 39.3 Å². The van der Waals surface area contributed by atoms with Crippen molar-refractivity contribution in [3.05, 3.63) is 35.3 Å². The predicted molar refractivity (Wildman–Crippen MR) is 103 cm³/mol. The molecular formula is C19H20N4O3S. The van der Waals surface area contributed by atoms with E-state index in [9.17, 15) is 9.59 Å². The summed E-state index contributed by atoms with van der Waals surface area (Å²) in [5.74, 6) is -0.818. The van der Waals surface area contributed by atoms with Gasteiger partial charge in [-0.2, -0.15) is 5.10 Å². The number of esters is 1. The third-order valence-corrected chi connectivity index (χ3v) is 5.22. The minimum atomic E-state index is -0.547. The summed E-state index contributed by atoms with van der Waals surface area (Å²) in [6.45, 7) is 3.73. The number of hydrogen-bond acceptors (Lipinski definition) is 6. The molecule has 8 heteroatoms. The maximum absolute atomic E-state index is 12.7. The van der Waals surface area contributed by atoms with Crippen LogP contribution in [0, 0.1) is 0 Å². The predicted octanol–water partition coefficient (Wildman–Crippen LogP) is 3.18. The van der Waals surface area contributed by atoms with Crippen molar-refractivity contribution in [3.8, 4) is 10.6 Å². The van der Waals surface area contributed by atoms with Crippen LogP contribution in [0.4, 0.5) is 0 Å². The van der Waals surface area contributed by atoms with Gasteiger partial charge in [0.1, 0.15) is 0 Å². The molecule has 1 N–H and O–H groups in total. The molecule has 0 bridgehead atoms. The zero-order valence-corrected chi connectivity index (χ0v) is 16.0. The van der Waals surface area contributed by atoms with Crippen molar-refractivity contribution in [2.45, 2.75) is 38.8 Å². The number of nitrogens with zero attached hydrogens (tertiary/aromatic N) is 3. The number of nitrogens with one attached hydrogen (secondary N) is 1. The van der Waals surface area contributed by atoms with E-state index in [1.807, 2.05) is 31.4 Å². The molecule has 4 rings (SSSR count). The van der Waals surface area contributed by atoms with Crippen LogP contribution in [0.2, 0.25) is 0 Å². The van der Waals surface area contributed by atoms with Gasteiger partial charge in [-0.05, 0) is 44.2 Å². The van der Waals surface area contributed by atoms with Crippen molar-refractivity contribution in [1.29, 1.82) is 0 Å². The topological polar surface area (TPSA) is 86.1 Å². The van der Waals surface area contributed by atoms with Crippen LogP contribution in [0.25, 0.3) is 21.6 Å². The van der Waals surface area contributed by atoms with Crippen molar-refractivity contribution in [2.75, 3.05) is 6.61 Å². The zero-order chi connectivity index (χ0) is 19.0. The summed E-state index contributed by atoms with van der Waals surface area (Å²) in [4.78, 5) is 30.2. The maximum atomic E-state index is 12.7. The molecule has 140 valence electrons. The summed E-state index contributed by atoms with van der Waals surface area (Å²) in [7, 11) is 0. The van der Waals surface area contributed by atoms with Crippen molar-refractivity contribution in [1.82, 2.24) is 20.1 Å². The van der Waals surface area contributed by atoms with Crippen molar-refractivity contribution in [3.63, 3.8) is 0 Å². The lowest BCUT2D eigenvalue weighted by Crippen LogP contribution is -2.30. The number of aromatic nitrogens is 3. The van der Waals surface area contributed by atoms with E-state index in [1.165, 1.54) is 0 Å². The molecule has 0 atom stereocenters. The van der Waals surface area contributed by atoms with Gasteiger partial charge in [-0.3, -0.25) is 4.79 Å². The fourth-order valence-electron chi connectivity index (χ4n) is 2.82.